The summed E-state index contributed by atoms with van der Waals surface area (Å²) in [6.07, 6.45) is 13.1. The average molecular weight is 447 g/mol. The molecule has 33 heavy (non-hydrogen) atoms. The van der Waals surface area contributed by atoms with E-state index in [1.54, 1.807) is 29.2 Å². The molecule has 0 aliphatic heterocycles. The number of pyridine rings is 1. The van der Waals surface area contributed by atoms with Crippen molar-refractivity contribution >= 4 is 23.5 Å². The Kier molecular flexibility index (Phi) is 5.53. The molecular weight excluding hydrogens is 420 g/mol. The predicted octanol–water partition coefficient (Wildman–Crippen LogP) is 3.32. The molecule has 1 N–H and O–H groups in total. The number of hydrogen-bond donors (Lipinski definition) is 1. The SMILES string of the molecule is CC(C)Oc1cc2nc(-c3cnn4cccnc34)cn2cc1C(=O)NC1CCC(C=O)CC1. The Morgan fingerprint density at radius 3 is 2.82 bits per heavy atom. The predicted molar refractivity (Wildman–Crippen MR) is 122 cm³/mol. The van der Waals surface area contributed by atoms with E-state index in [1.807, 2.05) is 36.7 Å². The number of ether oxygens (including phenoxy) is 1. The fourth-order valence-corrected chi connectivity index (χ4v) is 4.34. The maximum Gasteiger partial charge on any atom is 0.256 e. The fraction of sp³-hybridized carbons (Fsp3) is 0.375. The van der Waals surface area contributed by atoms with Crippen molar-refractivity contribution < 1.29 is 14.3 Å². The zero-order valence-corrected chi connectivity index (χ0v) is 18.6. The first kappa shape index (κ1) is 21.1. The minimum absolute atomic E-state index is 0.0551. The van der Waals surface area contributed by atoms with Gasteiger partial charge in [0, 0.05) is 42.8 Å². The van der Waals surface area contributed by atoms with E-state index >= 15 is 0 Å². The van der Waals surface area contributed by atoms with Gasteiger partial charge in [-0.25, -0.2) is 14.5 Å². The summed E-state index contributed by atoms with van der Waals surface area (Å²) in [6, 6.07) is 3.67. The highest BCUT2D eigenvalue weighted by molar-refractivity contribution is 5.97. The summed E-state index contributed by atoms with van der Waals surface area (Å²) >= 11 is 0. The highest BCUT2D eigenvalue weighted by Crippen LogP contribution is 2.28. The molecule has 0 spiro atoms. The second-order valence-electron chi connectivity index (χ2n) is 8.78. The lowest BCUT2D eigenvalue weighted by atomic mass is 9.87. The van der Waals surface area contributed by atoms with Gasteiger partial charge in [-0.3, -0.25) is 4.79 Å². The van der Waals surface area contributed by atoms with Crippen molar-refractivity contribution in [2.75, 3.05) is 0 Å². The van der Waals surface area contributed by atoms with E-state index in [4.69, 9.17) is 9.72 Å². The molecule has 9 nitrogen and oxygen atoms in total. The number of aldehydes is 1. The van der Waals surface area contributed by atoms with Gasteiger partial charge in [0.2, 0.25) is 0 Å². The molecule has 1 aliphatic rings. The lowest BCUT2D eigenvalue weighted by molar-refractivity contribution is -0.111. The maximum absolute atomic E-state index is 13.2. The third kappa shape index (κ3) is 4.18. The quantitative estimate of drug-likeness (QED) is 0.456. The van der Waals surface area contributed by atoms with Gasteiger partial charge in [0.15, 0.2) is 5.65 Å². The number of hydrogen-bond acceptors (Lipinski definition) is 6. The van der Waals surface area contributed by atoms with Crippen molar-refractivity contribution in [2.45, 2.75) is 51.7 Å². The number of carbonyl (C=O) groups is 2. The molecule has 4 aromatic heterocycles. The summed E-state index contributed by atoms with van der Waals surface area (Å²) in [7, 11) is 0. The van der Waals surface area contributed by atoms with Crippen LogP contribution in [0.15, 0.2) is 43.1 Å². The Labute approximate surface area is 190 Å². The van der Waals surface area contributed by atoms with Crippen LogP contribution in [0.4, 0.5) is 0 Å². The zero-order valence-electron chi connectivity index (χ0n) is 18.6. The van der Waals surface area contributed by atoms with Crippen LogP contribution in [0.1, 0.15) is 49.9 Å². The lowest BCUT2D eigenvalue weighted by Gasteiger charge is -2.26. The summed E-state index contributed by atoms with van der Waals surface area (Å²) < 4.78 is 9.50. The van der Waals surface area contributed by atoms with Gasteiger partial charge >= 0.3 is 0 Å². The summed E-state index contributed by atoms with van der Waals surface area (Å²) in [4.78, 5) is 33.4. The molecule has 0 radical (unpaired) electrons. The van der Waals surface area contributed by atoms with E-state index in [0.29, 0.717) is 28.3 Å². The van der Waals surface area contributed by atoms with Gasteiger partial charge in [-0.05, 0) is 45.6 Å². The number of aromatic nitrogens is 5. The molecule has 5 rings (SSSR count). The molecule has 0 saturated heterocycles. The number of rotatable bonds is 6. The van der Waals surface area contributed by atoms with E-state index in [-0.39, 0.29) is 24.0 Å². The third-order valence-electron chi connectivity index (χ3n) is 6.02. The fourth-order valence-electron chi connectivity index (χ4n) is 4.34. The minimum atomic E-state index is -0.185. The summed E-state index contributed by atoms with van der Waals surface area (Å²) in [5.74, 6) is 0.412. The van der Waals surface area contributed by atoms with Crippen molar-refractivity contribution in [3.63, 3.8) is 0 Å². The maximum atomic E-state index is 13.2. The molecule has 9 heteroatoms. The Hall–Kier alpha value is -3.75. The highest BCUT2D eigenvalue weighted by Gasteiger charge is 2.24. The topological polar surface area (TPSA) is 103 Å². The zero-order chi connectivity index (χ0) is 22.9. The van der Waals surface area contributed by atoms with Gasteiger partial charge in [-0.15, -0.1) is 0 Å². The molecule has 1 aliphatic carbocycles. The summed E-state index contributed by atoms with van der Waals surface area (Å²) in [5, 5.41) is 7.46. The number of nitrogens with one attached hydrogen (secondary N) is 1. The Bertz CT molecular complexity index is 1320. The largest absolute Gasteiger partial charge is 0.490 e. The molecule has 0 atom stereocenters. The molecule has 1 saturated carbocycles. The number of imidazole rings is 1. The minimum Gasteiger partial charge on any atom is -0.490 e. The first-order chi connectivity index (χ1) is 16.0. The molecule has 4 heterocycles. The van der Waals surface area contributed by atoms with Crippen LogP contribution in [0.3, 0.4) is 0 Å². The molecular formula is C24H26N6O3. The van der Waals surface area contributed by atoms with Crippen molar-refractivity contribution in [3.05, 3.63) is 48.7 Å². The van der Waals surface area contributed by atoms with Crippen molar-refractivity contribution in [2.24, 2.45) is 5.92 Å². The number of fused-ring (bicyclic) bond motifs is 2. The van der Waals surface area contributed by atoms with E-state index in [2.05, 4.69) is 15.4 Å². The Morgan fingerprint density at radius 1 is 1.24 bits per heavy atom. The molecule has 4 aromatic rings. The van der Waals surface area contributed by atoms with E-state index < -0.39 is 0 Å². The first-order valence-corrected chi connectivity index (χ1v) is 11.3. The first-order valence-electron chi connectivity index (χ1n) is 11.3. The summed E-state index contributed by atoms with van der Waals surface area (Å²) in [5.41, 5.74) is 3.35. The monoisotopic (exact) mass is 446 g/mol. The van der Waals surface area contributed by atoms with Gasteiger partial charge in [0.05, 0.1) is 29.1 Å². The van der Waals surface area contributed by atoms with Gasteiger partial charge in [0.25, 0.3) is 5.91 Å². The van der Waals surface area contributed by atoms with Crippen LogP contribution in [0.2, 0.25) is 0 Å². The lowest BCUT2D eigenvalue weighted by Crippen LogP contribution is -2.38. The number of amides is 1. The van der Waals surface area contributed by atoms with Crippen LogP contribution in [0, 0.1) is 5.92 Å². The molecule has 170 valence electrons. The van der Waals surface area contributed by atoms with Crippen LogP contribution >= 0.6 is 0 Å². The summed E-state index contributed by atoms with van der Waals surface area (Å²) in [6.45, 7) is 3.85. The number of nitrogens with zero attached hydrogens (tertiary/aromatic N) is 5. The second kappa shape index (κ2) is 8.65. The van der Waals surface area contributed by atoms with E-state index in [1.165, 1.54) is 0 Å². The smallest absolute Gasteiger partial charge is 0.256 e. The van der Waals surface area contributed by atoms with Crippen LogP contribution in [-0.2, 0) is 4.79 Å². The van der Waals surface area contributed by atoms with Crippen LogP contribution < -0.4 is 10.1 Å². The van der Waals surface area contributed by atoms with Crippen molar-refractivity contribution in [1.82, 2.24) is 29.3 Å². The second-order valence-corrected chi connectivity index (χ2v) is 8.78. The van der Waals surface area contributed by atoms with Gasteiger partial charge in [0.1, 0.15) is 17.7 Å². The van der Waals surface area contributed by atoms with Gasteiger partial charge < -0.3 is 19.2 Å². The average Bonchev–Trinajstić information content (AvgIpc) is 3.42. The normalized spacial score (nSPS) is 18.6. The molecule has 1 fully saturated rings. The van der Waals surface area contributed by atoms with Crippen LogP contribution in [0.5, 0.6) is 5.75 Å². The molecule has 0 aromatic carbocycles. The van der Waals surface area contributed by atoms with Gasteiger partial charge in [-0.2, -0.15) is 5.10 Å². The Balaban J connectivity index is 1.48. The molecule has 1 amide bonds. The molecule has 0 unspecified atom stereocenters. The standard InChI is InChI=1S/C24H26N6O3/c1-15(2)33-21-10-22-28-20(18-11-26-30-9-3-8-25-23(18)30)13-29(22)12-19(21)24(32)27-17-6-4-16(14-31)5-7-17/h3,8-17H,4-7H2,1-2H3,(H,27,32). The van der Waals surface area contributed by atoms with E-state index in [0.717, 1.165) is 37.5 Å². The van der Waals surface area contributed by atoms with Crippen molar-refractivity contribution in [1.29, 1.82) is 0 Å². The third-order valence-corrected chi connectivity index (χ3v) is 6.02. The number of carbonyl (C=O) groups excluding carboxylic acids is 2. The van der Waals surface area contributed by atoms with E-state index in [9.17, 15) is 9.59 Å². The van der Waals surface area contributed by atoms with Gasteiger partial charge in [-0.1, -0.05) is 0 Å². The van der Waals surface area contributed by atoms with Crippen LogP contribution in [0.25, 0.3) is 22.6 Å². The molecule has 0 bridgehead atoms. The van der Waals surface area contributed by atoms with Crippen molar-refractivity contribution in [3.8, 4) is 17.0 Å². The van der Waals surface area contributed by atoms with Crippen LogP contribution in [-0.4, -0.2) is 48.3 Å². The Morgan fingerprint density at radius 2 is 2.06 bits per heavy atom. The highest BCUT2D eigenvalue weighted by atomic mass is 16.5.